The van der Waals surface area contributed by atoms with Crippen molar-refractivity contribution in [3.05, 3.63) is 0 Å². The van der Waals surface area contributed by atoms with E-state index in [4.69, 9.17) is 9.84 Å². The molecule has 1 saturated heterocycles. The molecule has 0 bridgehead atoms. The molecule has 0 aromatic heterocycles. The number of hydrogen-bond donors (Lipinski definition) is 1. The molecule has 1 aliphatic heterocycles. The van der Waals surface area contributed by atoms with Crippen molar-refractivity contribution in [2.24, 2.45) is 11.3 Å². The predicted molar refractivity (Wildman–Crippen MR) is 62.6 cm³/mol. The molecule has 0 radical (unpaired) electrons. The molecule has 0 aromatic rings. The van der Waals surface area contributed by atoms with Crippen LogP contribution in [0.3, 0.4) is 0 Å². The van der Waals surface area contributed by atoms with Gasteiger partial charge in [-0.15, -0.1) is 0 Å². The maximum atomic E-state index is 10.8. The summed E-state index contributed by atoms with van der Waals surface area (Å²) in [4.78, 5) is 12.3. The van der Waals surface area contributed by atoms with Crippen LogP contribution in [0.15, 0.2) is 0 Å². The van der Waals surface area contributed by atoms with Gasteiger partial charge >= 0.3 is 6.09 Å². The van der Waals surface area contributed by atoms with Crippen LogP contribution >= 0.6 is 0 Å². The van der Waals surface area contributed by atoms with Crippen molar-refractivity contribution in [2.45, 2.75) is 33.6 Å². The van der Waals surface area contributed by atoms with Gasteiger partial charge in [-0.25, -0.2) is 4.79 Å². The molecular weight excluding hydrogens is 206 g/mol. The molecule has 1 atom stereocenters. The van der Waals surface area contributed by atoms with E-state index in [-0.39, 0.29) is 5.41 Å². The minimum atomic E-state index is -0.805. The van der Waals surface area contributed by atoms with Crippen LogP contribution in [0.25, 0.3) is 0 Å². The lowest BCUT2D eigenvalue weighted by Crippen LogP contribution is -2.40. The lowest BCUT2D eigenvalue weighted by atomic mass is 9.97. The van der Waals surface area contributed by atoms with Crippen molar-refractivity contribution in [1.29, 1.82) is 0 Å². The third-order valence-electron chi connectivity index (χ3n) is 2.68. The molecule has 16 heavy (non-hydrogen) atoms. The van der Waals surface area contributed by atoms with E-state index in [1.165, 1.54) is 4.90 Å². The van der Waals surface area contributed by atoms with Crippen molar-refractivity contribution >= 4 is 6.09 Å². The lowest BCUT2D eigenvalue weighted by molar-refractivity contribution is 0.0265. The van der Waals surface area contributed by atoms with Gasteiger partial charge in [-0.3, -0.25) is 0 Å². The summed E-state index contributed by atoms with van der Waals surface area (Å²) in [6, 6.07) is 0. The molecule has 1 heterocycles. The Kier molecular flexibility index (Phi) is 4.59. The van der Waals surface area contributed by atoms with E-state index < -0.39 is 6.09 Å². The van der Waals surface area contributed by atoms with Crippen molar-refractivity contribution in [2.75, 3.05) is 26.3 Å². The van der Waals surface area contributed by atoms with Crippen LogP contribution in [-0.2, 0) is 4.74 Å². The van der Waals surface area contributed by atoms with Crippen LogP contribution in [0.1, 0.15) is 33.6 Å². The quantitative estimate of drug-likeness (QED) is 0.808. The molecule has 0 spiro atoms. The van der Waals surface area contributed by atoms with E-state index in [1.54, 1.807) is 0 Å². The average molecular weight is 229 g/mol. The zero-order valence-corrected chi connectivity index (χ0v) is 10.5. The Morgan fingerprint density at radius 2 is 2.19 bits per heavy atom. The molecule has 0 aliphatic carbocycles. The molecule has 4 heteroatoms. The fourth-order valence-electron chi connectivity index (χ4n) is 1.91. The Bertz CT molecular complexity index is 235. The Hall–Kier alpha value is -0.770. The van der Waals surface area contributed by atoms with Gasteiger partial charge in [0.2, 0.25) is 0 Å². The van der Waals surface area contributed by atoms with Crippen LogP contribution in [0, 0.1) is 11.3 Å². The molecular formula is C12H23NO3. The Balaban J connectivity index is 2.24. The molecule has 94 valence electrons. The van der Waals surface area contributed by atoms with E-state index >= 15 is 0 Å². The SMILES string of the molecule is CC(C)(C)COCC1CCCN(C(=O)O)C1. The van der Waals surface area contributed by atoms with Gasteiger partial charge in [-0.05, 0) is 18.3 Å². The second-order valence-corrected chi connectivity index (χ2v) is 5.81. The number of nitrogens with zero attached hydrogens (tertiary/aromatic N) is 1. The van der Waals surface area contributed by atoms with E-state index in [1.807, 2.05) is 0 Å². The monoisotopic (exact) mass is 229 g/mol. The van der Waals surface area contributed by atoms with Crippen LogP contribution in [0.4, 0.5) is 4.79 Å². The van der Waals surface area contributed by atoms with Gasteiger partial charge in [0.05, 0.1) is 13.2 Å². The molecule has 1 rings (SSSR count). The largest absolute Gasteiger partial charge is 0.465 e. The van der Waals surface area contributed by atoms with E-state index in [9.17, 15) is 4.79 Å². The predicted octanol–water partition coefficient (Wildman–Crippen LogP) is 2.44. The fraction of sp³-hybridized carbons (Fsp3) is 0.917. The topological polar surface area (TPSA) is 49.8 Å². The summed E-state index contributed by atoms with van der Waals surface area (Å²) < 4.78 is 5.65. The molecule has 1 N–H and O–H groups in total. The highest BCUT2D eigenvalue weighted by molar-refractivity contribution is 5.65. The highest BCUT2D eigenvalue weighted by Crippen LogP contribution is 2.19. The molecule has 1 aliphatic rings. The van der Waals surface area contributed by atoms with Crippen molar-refractivity contribution in [1.82, 2.24) is 4.90 Å². The molecule has 0 aromatic carbocycles. The summed E-state index contributed by atoms with van der Waals surface area (Å²) in [5.74, 6) is 0.368. The Morgan fingerprint density at radius 1 is 1.50 bits per heavy atom. The van der Waals surface area contributed by atoms with Crippen molar-refractivity contribution in [3.63, 3.8) is 0 Å². The van der Waals surface area contributed by atoms with Crippen LogP contribution in [0.2, 0.25) is 0 Å². The Labute approximate surface area is 97.6 Å². The molecule has 1 unspecified atom stereocenters. The number of likely N-dealkylation sites (tertiary alicyclic amines) is 1. The smallest absolute Gasteiger partial charge is 0.407 e. The fourth-order valence-corrected chi connectivity index (χ4v) is 1.91. The van der Waals surface area contributed by atoms with E-state index in [2.05, 4.69) is 20.8 Å². The number of amides is 1. The summed E-state index contributed by atoms with van der Waals surface area (Å²) in [7, 11) is 0. The first-order valence-corrected chi connectivity index (χ1v) is 5.94. The summed E-state index contributed by atoms with van der Waals surface area (Å²) in [5.41, 5.74) is 0.182. The van der Waals surface area contributed by atoms with Gasteiger partial charge in [-0.1, -0.05) is 20.8 Å². The van der Waals surface area contributed by atoms with E-state index in [0.29, 0.717) is 25.6 Å². The van der Waals surface area contributed by atoms with Gasteiger partial charge in [0.15, 0.2) is 0 Å². The number of ether oxygens (including phenoxy) is 1. The second kappa shape index (κ2) is 5.53. The lowest BCUT2D eigenvalue weighted by Gasteiger charge is -2.31. The number of carbonyl (C=O) groups is 1. The zero-order chi connectivity index (χ0) is 12.2. The molecule has 1 amide bonds. The standard InChI is InChI=1S/C12H23NO3/c1-12(2,3)9-16-8-10-5-4-6-13(7-10)11(14)15/h10H,4-9H2,1-3H3,(H,14,15). The van der Waals surface area contributed by atoms with Gasteiger partial charge in [0.1, 0.15) is 0 Å². The summed E-state index contributed by atoms with van der Waals surface area (Å²) in [6.07, 6.45) is 1.23. The maximum Gasteiger partial charge on any atom is 0.407 e. The molecule has 4 nitrogen and oxygen atoms in total. The first-order valence-electron chi connectivity index (χ1n) is 5.94. The number of rotatable bonds is 3. The van der Waals surface area contributed by atoms with Crippen molar-refractivity contribution in [3.8, 4) is 0 Å². The third-order valence-corrected chi connectivity index (χ3v) is 2.68. The second-order valence-electron chi connectivity index (χ2n) is 5.81. The van der Waals surface area contributed by atoms with E-state index in [0.717, 1.165) is 19.4 Å². The molecule has 0 saturated carbocycles. The first-order chi connectivity index (χ1) is 7.38. The average Bonchev–Trinajstić information content (AvgIpc) is 2.16. The number of piperidine rings is 1. The first kappa shape index (κ1) is 13.3. The summed E-state index contributed by atoms with van der Waals surface area (Å²) >= 11 is 0. The Morgan fingerprint density at radius 3 is 2.75 bits per heavy atom. The van der Waals surface area contributed by atoms with Crippen LogP contribution in [-0.4, -0.2) is 42.4 Å². The van der Waals surface area contributed by atoms with Gasteiger partial charge in [0.25, 0.3) is 0 Å². The maximum absolute atomic E-state index is 10.8. The summed E-state index contributed by atoms with van der Waals surface area (Å²) in [5, 5.41) is 8.90. The van der Waals surface area contributed by atoms with Gasteiger partial charge < -0.3 is 14.7 Å². The minimum Gasteiger partial charge on any atom is -0.465 e. The molecule has 1 fully saturated rings. The zero-order valence-electron chi connectivity index (χ0n) is 10.5. The number of carboxylic acid groups (broad SMARTS) is 1. The number of hydrogen-bond acceptors (Lipinski definition) is 2. The normalized spacial score (nSPS) is 22.2. The van der Waals surface area contributed by atoms with Gasteiger partial charge in [-0.2, -0.15) is 0 Å². The summed E-state index contributed by atoms with van der Waals surface area (Å²) in [6.45, 7) is 9.12. The third kappa shape index (κ3) is 4.84. The minimum absolute atomic E-state index is 0.182. The van der Waals surface area contributed by atoms with Crippen molar-refractivity contribution < 1.29 is 14.6 Å². The van der Waals surface area contributed by atoms with Crippen LogP contribution < -0.4 is 0 Å². The van der Waals surface area contributed by atoms with Gasteiger partial charge in [0, 0.05) is 19.0 Å². The van der Waals surface area contributed by atoms with Crippen LogP contribution in [0.5, 0.6) is 0 Å². The highest BCUT2D eigenvalue weighted by atomic mass is 16.5. The highest BCUT2D eigenvalue weighted by Gasteiger charge is 2.23.